The van der Waals surface area contributed by atoms with E-state index in [1.54, 1.807) is 51.1 Å². The first kappa shape index (κ1) is 59.4. The van der Waals surface area contributed by atoms with Crippen molar-refractivity contribution in [3.8, 4) is 12.1 Å². The van der Waals surface area contributed by atoms with E-state index in [1.807, 2.05) is 12.1 Å². The molecule has 2 aliphatic rings. The molecule has 3 aromatic rings. The largest absolute Gasteiger partial charge is 3.00 e. The summed E-state index contributed by atoms with van der Waals surface area (Å²) in [5.74, 6) is -0.585. The van der Waals surface area contributed by atoms with E-state index >= 15 is 0 Å². The van der Waals surface area contributed by atoms with Gasteiger partial charge in [-0.3, -0.25) is 19.4 Å². The molecule has 7 N–H and O–H groups in total. The van der Waals surface area contributed by atoms with Gasteiger partial charge in [-0.25, -0.2) is 0 Å². The number of nitrogens with one attached hydrogen (secondary N) is 1. The summed E-state index contributed by atoms with van der Waals surface area (Å²) in [6, 6.07) is 15.7. The summed E-state index contributed by atoms with van der Waals surface area (Å²) < 4.78 is 50.7. The minimum absolute atomic E-state index is 0. The zero-order valence-corrected chi connectivity index (χ0v) is 39.7. The van der Waals surface area contributed by atoms with Crippen LogP contribution in [0.5, 0.6) is 0 Å². The fourth-order valence-corrected chi connectivity index (χ4v) is 7.57. The molecule has 0 spiro atoms. The molecule has 0 radical (unpaired) electrons. The van der Waals surface area contributed by atoms with Crippen molar-refractivity contribution in [2.75, 3.05) is 19.8 Å². The van der Waals surface area contributed by atoms with E-state index in [-0.39, 0.29) is 79.9 Å². The number of benzene rings is 2. The number of hydrogen-bond acceptors (Lipinski definition) is 17. The van der Waals surface area contributed by atoms with E-state index in [2.05, 4.69) is 23.9 Å². The quantitative estimate of drug-likeness (QED) is 0.0557. The van der Waals surface area contributed by atoms with Crippen LogP contribution in [0.4, 0.5) is 13.2 Å². The molecule has 28 heteroatoms. The Labute approximate surface area is 388 Å². The maximum atomic E-state index is 12.5. The Kier molecular flexibility index (Phi) is 29.3. The molecule has 0 saturated heterocycles. The number of halogens is 6. The van der Waals surface area contributed by atoms with Gasteiger partial charge >= 0.3 is 49.3 Å². The first-order valence-corrected chi connectivity index (χ1v) is 22.6. The van der Waals surface area contributed by atoms with Gasteiger partial charge in [-0.05, 0) is 39.0 Å². The number of amides is 1. The van der Waals surface area contributed by atoms with E-state index in [9.17, 15) is 27.6 Å². The molecule has 1 amide bonds. The minimum atomic E-state index is -4.54. The maximum absolute atomic E-state index is 12.5. The number of carbonyl (C=O) groups is 1. The number of nitriles is 2. The number of fused-ring (bicyclic) bond motifs is 1. The van der Waals surface area contributed by atoms with Crippen molar-refractivity contribution < 1.29 is 60.9 Å². The summed E-state index contributed by atoms with van der Waals surface area (Å²) in [5.41, 5.74) is -1.34. The molecule has 62 heavy (non-hydrogen) atoms. The number of carbonyl (C=O) groups excluding carboxylic acids is 1. The average molecular weight is 1040 g/mol. The van der Waals surface area contributed by atoms with Gasteiger partial charge in [0, 0.05) is 17.0 Å². The summed E-state index contributed by atoms with van der Waals surface area (Å²) in [7, 11) is -6.30. The van der Waals surface area contributed by atoms with Crippen LogP contribution in [-0.2, 0) is 26.3 Å². The van der Waals surface area contributed by atoms with Crippen LogP contribution in [0.2, 0.25) is 15.1 Å². The monoisotopic (exact) mass is 1030 g/mol. The molecule has 0 fully saturated rings. The Balaban J connectivity index is 0.000000858. The smallest absolute Gasteiger partial charge is 0.346 e. The van der Waals surface area contributed by atoms with Crippen LogP contribution in [0.1, 0.15) is 52.1 Å². The SMILES string of the molecule is CCOP(O)O.CCOP(O)O.CCOP(O)O.N#Cc1sc2c(=O)c3ccccc3c(=O)c=2sc1C#N.O=C(NCc1ncc(C(F)(F)F)cc1Cl)c1c(Cl)cccc1Cl.[Al+3]. The molecule has 0 atom stereocenters. The van der Waals surface area contributed by atoms with E-state index in [4.69, 9.17) is 74.7 Å². The van der Waals surface area contributed by atoms with Gasteiger partial charge in [0.2, 0.25) is 10.9 Å². The van der Waals surface area contributed by atoms with Gasteiger partial charge in [0.05, 0.1) is 67.3 Å². The standard InChI is InChI=1S/C14H8Cl3F3N2O.C14H4N2O2S2.3C2H7O3P.Al/c15-8-2-1-3-9(16)12(8)13(23)22-6-11-10(17)4-7(5-21-11)14(18,19)20;15-5-9-10(6-16)20-14-12(18)8-4-2-1-3-7(8)11(17)13(14)19-9;3*1-2-5-6(3)4;/h1-5H,6H2,(H,22,23);1-4H;3*3-4H,2H2,1H3;/q;;;;;+3. The van der Waals surface area contributed by atoms with E-state index in [1.165, 1.54) is 12.1 Å². The van der Waals surface area contributed by atoms with Crippen molar-refractivity contribution in [1.82, 2.24) is 10.3 Å². The van der Waals surface area contributed by atoms with E-state index < -0.39 is 43.5 Å². The third-order valence-electron chi connectivity index (χ3n) is 6.44. The Bertz CT molecular complexity index is 2350. The zero-order chi connectivity index (χ0) is 46.4. The summed E-state index contributed by atoms with van der Waals surface area (Å²) >= 11 is 19.4. The van der Waals surface area contributed by atoms with Crippen LogP contribution in [0, 0.1) is 31.7 Å². The zero-order valence-electron chi connectivity index (χ0n) is 32.0. The van der Waals surface area contributed by atoms with E-state index in [0.29, 0.717) is 36.8 Å². The van der Waals surface area contributed by atoms with Gasteiger partial charge in [-0.1, -0.05) is 65.1 Å². The van der Waals surface area contributed by atoms with Crippen molar-refractivity contribution >= 4 is 117 Å². The summed E-state index contributed by atoms with van der Waals surface area (Å²) in [4.78, 5) is 88.5. The molecule has 1 aliphatic carbocycles. The third-order valence-corrected chi connectivity index (χ3v) is 11.3. The molecular weight excluding hydrogens is 1000 g/mol. The fraction of sp³-hybridized carbons (Fsp3) is 0.235. The molecule has 0 unspecified atom stereocenters. The molecule has 0 saturated carbocycles. The minimum Gasteiger partial charge on any atom is -0.346 e. The number of rotatable bonds is 9. The Morgan fingerprint density at radius 2 is 1.16 bits per heavy atom. The van der Waals surface area contributed by atoms with Crippen LogP contribution >= 0.6 is 83.3 Å². The third kappa shape index (κ3) is 20.1. The predicted molar refractivity (Wildman–Crippen MR) is 234 cm³/mol. The van der Waals surface area contributed by atoms with Gasteiger partial charge < -0.3 is 48.2 Å². The van der Waals surface area contributed by atoms with Gasteiger partial charge in [0.1, 0.15) is 21.9 Å². The first-order valence-electron chi connectivity index (χ1n) is 16.4. The van der Waals surface area contributed by atoms with Crippen molar-refractivity contribution in [2.24, 2.45) is 0 Å². The molecular formula is C34H33AlCl3F3N4O12P3S2+3. The topological polar surface area (TPSA) is 273 Å². The van der Waals surface area contributed by atoms with Gasteiger partial charge in [0.25, 0.3) is 5.91 Å². The number of pyridine rings is 1. The van der Waals surface area contributed by atoms with Gasteiger partial charge in [-0.2, -0.15) is 23.7 Å². The normalized spacial score (nSPS) is 10.5. The summed E-state index contributed by atoms with van der Waals surface area (Å²) in [5, 5.41) is 21.3. The summed E-state index contributed by atoms with van der Waals surface area (Å²) in [6.07, 6.45) is -3.89. The molecule has 1 aliphatic heterocycles. The molecule has 0 bridgehead atoms. The molecule has 1 aromatic heterocycles. The van der Waals surface area contributed by atoms with Crippen LogP contribution < -0.4 is 16.2 Å². The van der Waals surface area contributed by atoms with Crippen molar-refractivity contribution in [3.05, 3.63) is 126 Å². The average Bonchev–Trinajstić information content (AvgIpc) is 3.19. The Hall–Kier alpha value is -2.58. The molecule has 2 heterocycles. The molecule has 2 aromatic carbocycles. The molecule has 5 rings (SSSR count). The van der Waals surface area contributed by atoms with Crippen LogP contribution in [-0.4, -0.2) is 77.4 Å². The van der Waals surface area contributed by atoms with Crippen molar-refractivity contribution in [1.29, 1.82) is 10.5 Å². The molecule has 330 valence electrons. The van der Waals surface area contributed by atoms with Crippen LogP contribution in [0.25, 0.3) is 10.8 Å². The Morgan fingerprint density at radius 3 is 1.47 bits per heavy atom. The Morgan fingerprint density at radius 1 is 0.758 bits per heavy atom. The fourth-order valence-electron chi connectivity index (χ4n) is 4.02. The second-order valence-corrected chi connectivity index (χ2v) is 15.9. The number of hydrogen-bond donors (Lipinski definition) is 7. The van der Waals surface area contributed by atoms with Gasteiger partial charge in [-0.15, -0.1) is 22.7 Å². The van der Waals surface area contributed by atoms with E-state index in [0.717, 1.165) is 28.7 Å². The second kappa shape index (κ2) is 30.5. The van der Waals surface area contributed by atoms with Crippen LogP contribution in [0.15, 0.2) is 64.3 Å². The van der Waals surface area contributed by atoms with Crippen molar-refractivity contribution in [3.63, 3.8) is 0 Å². The second-order valence-electron chi connectivity index (χ2n) is 10.4. The maximum Gasteiger partial charge on any atom is 3.00 e. The first-order chi connectivity index (χ1) is 28.7. The number of alkyl halides is 3. The molecule has 16 nitrogen and oxygen atoms in total. The number of nitrogens with zero attached hydrogens (tertiary/aromatic N) is 3. The van der Waals surface area contributed by atoms with Crippen LogP contribution in [0.3, 0.4) is 0 Å². The predicted octanol–water partition coefficient (Wildman–Crippen LogP) is 7.46. The van der Waals surface area contributed by atoms with Gasteiger partial charge in [0.15, 0.2) is 0 Å². The summed E-state index contributed by atoms with van der Waals surface area (Å²) in [6.45, 7) is 6.00. The number of aromatic nitrogens is 1. The van der Waals surface area contributed by atoms with Crippen molar-refractivity contribution in [2.45, 2.75) is 33.5 Å².